The van der Waals surface area contributed by atoms with Crippen molar-refractivity contribution in [3.05, 3.63) is 35.5 Å². The number of allylic oxidation sites excluding steroid dienone is 5. The summed E-state index contributed by atoms with van der Waals surface area (Å²) in [5.41, 5.74) is 4.20. The van der Waals surface area contributed by atoms with E-state index in [0.29, 0.717) is 34.7 Å². The zero-order valence-electron chi connectivity index (χ0n) is 20.9. The van der Waals surface area contributed by atoms with E-state index >= 15 is 0 Å². The topological polar surface area (TPSA) is 15.7 Å². The first kappa shape index (κ1) is 21.9. The lowest BCUT2D eigenvalue weighted by molar-refractivity contribution is -0.120. The van der Waals surface area contributed by atoms with Gasteiger partial charge in [0.2, 0.25) is 0 Å². The number of rotatable bonds is 2. The van der Waals surface area contributed by atoms with Crippen LogP contribution < -0.4 is 0 Å². The second-order valence-electron chi connectivity index (χ2n) is 12.5. The van der Waals surface area contributed by atoms with Crippen molar-refractivity contribution in [1.82, 2.24) is 9.80 Å². The molecule has 0 radical (unpaired) electrons. The Kier molecular flexibility index (Phi) is 5.16. The lowest BCUT2D eigenvalue weighted by Gasteiger charge is -2.54. The van der Waals surface area contributed by atoms with Crippen LogP contribution in [0, 0.1) is 34.0 Å². The van der Waals surface area contributed by atoms with Crippen LogP contribution in [0.2, 0.25) is 0 Å². The molecule has 8 atom stereocenters. The molecular weight excluding hydrogens is 380 g/mol. The van der Waals surface area contributed by atoms with Gasteiger partial charge in [-0.25, -0.2) is 0 Å². The number of hydrogen-bond acceptors (Lipinski definition) is 3. The van der Waals surface area contributed by atoms with Crippen LogP contribution in [0.5, 0.6) is 0 Å². The minimum atomic E-state index is 0.184. The van der Waals surface area contributed by atoms with Gasteiger partial charge in [0.15, 0.2) is 0 Å². The summed E-state index contributed by atoms with van der Waals surface area (Å²) in [6.07, 6.45) is 16.8. The maximum Gasteiger partial charge on any atom is 0.0993 e. The van der Waals surface area contributed by atoms with Crippen molar-refractivity contribution < 1.29 is 4.74 Å². The molecule has 0 amide bonds. The van der Waals surface area contributed by atoms with Crippen molar-refractivity contribution in [2.75, 3.05) is 34.5 Å². The highest BCUT2D eigenvalue weighted by Crippen LogP contribution is 2.68. The first-order valence-electron chi connectivity index (χ1n) is 12.7. The summed E-state index contributed by atoms with van der Waals surface area (Å²) in [5, 5.41) is 0. The molecule has 1 heterocycles. The first-order chi connectivity index (χ1) is 14.6. The second-order valence-corrected chi connectivity index (χ2v) is 12.5. The molecule has 3 heteroatoms. The van der Waals surface area contributed by atoms with Gasteiger partial charge in [0, 0.05) is 17.5 Å². The number of hydrogen-bond donors (Lipinski definition) is 0. The molecule has 1 aliphatic heterocycles. The fourth-order valence-corrected chi connectivity index (χ4v) is 8.68. The summed E-state index contributed by atoms with van der Waals surface area (Å²) in [5.74, 6) is 2.08. The third kappa shape index (κ3) is 2.95. The van der Waals surface area contributed by atoms with Crippen LogP contribution in [-0.4, -0.2) is 56.4 Å². The first-order valence-corrected chi connectivity index (χ1v) is 12.7. The highest BCUT2D eigenvalue weighted by molar-refractivity contribution is 5.42. The van der Waals surface area contributed by atoms with Crippen LogP contribution in [0.1, 0.15) is 59.8 Å². The Labute approximate surface area is 190 Å². The van der Waals surface area contributed by atoms with Crippen LogP contribution in [0.25, 0.3) is 0 Å². The lowest BCUT2D eigenvalue weighted by atomic mass is 9.51. The Morgan fingerprint density at radius 2 is 1.81 bits per heavy atom. The average Bonchev–Trinajstić information content (AvgIpc) is 2.86. The van der Waals surface area contributed by atoms with Gasteiger partial charge in [-0.1, -0.05) is 45.1 Å². The van der Waals surface area contributed by atoms with Gasteiger partial charge >= 0.3 is 0 Å². The zero-order valence-corrected chi connectivity index (χ0v) is 20.9. The van der Waals surface area contributed by atoms with E-state index in [1.165, 1.54) is 32.1 Å². The van der Waals surface area contributed by atoms with Gasteiger partial charge in [0.25, 0.3) is 0 Å². The van der Waals surface area contributed by atoms with E-state index < -0.39 is 0 Å². The molecule has 4 aliphatic carbocycles. The predicted octanol–water partition coefficient (Wildman–Crippen LogP) is 5.51. The Balaban J connectivity index is 1.50. The Hall–Kier alpha value is -0.900. The molecule has 0 aromatic carbocycles. The minimum absolute atomic E-state index is 0.184. The smallest absolute Gasteiger partial charge is 0.0993 e. The largest absolute Gasteiger partial charge is 0.365 e. The Morgan fingerprint density at radius 3 is 2.55 bits per heavy atom. The van der Waals surface area contributed by atoms with Gasteiger partial charge in [-0.15, -0.1) is 0 Å². The molecule has 3 nitrogen and oxygen atoms in total. The molecule has 172 valence electrons. The minimum Gasteiger partial charge on any atom is -0.365 e. The van der Waals surface area contributed by atoms with Crippen molar-refractivity contribution in [3.63, 3.8) is 0 Å². The summed E-state index contributed by atoms with van der Waals surface area (Å²) in [7, 11) is 6.75. The SMILES string of the molecule is C[C@@H]([C@H]1CC[C@@]2(C)[C@@H]3CC[C@@H]4C(=CC3=CC[C@]12C)C=C[C@@H]1N(C)COC[C@@]41C)N(C)C. The highest BCUT2D eigenvalue weighted by Gasteiger charge is 2.61. The van der Waals surface area contributed by atoms with Gasteiger partial charge in [-0.3, -0.25) is 4.90 Å². The summed E-state index contributed by atoms with van der Waals surface area (Å²) >= 11 is 0. The van der Waals surface area contributed by atoms with Gasteiger partial charge in [0.05, 0.1) is 13.3 Å². The lowest BCUT2D eigenvalue weighted by Crippen LogP contribution is -2.56. The molecule has 1 saturated heterocycles. The average molecular weight is 425 g/mol. The van der Waals surface area contributed by atoms with Crippen molar-refractivity contribution >= 4 is 0 Å². The van der Waals surface area contributed by atoms with E-state index in [1.54, 1.807) is 11.1 Å². The molecule has 0 bridgehead atoms. The van der Waals surface area contributed by atoms with Crippen LogP contribution in [0.4, 0.5) is 0 Å². The van der Waals surface area contributed by atoms with E-state index in [2.05, 4.69) is 82.9 Å². The third-order valence-electron chi connectivity index (χ3n) is 11.0. The number of ether oxygens (including phenoxy) is 1. The standard InChI is InChI=1S/C28H44N2O/c1-19(29(5)6)22-13-15-28(4)24-10-9-23-20(16-21(24)12-14-27(22,28)3)8-11-25-26(23,2)17-31-18-30(25)7/h8,11-12,16,19,22-25H,9-10,13-15,17-18H2,1-7H3/t19-,22+,23+,24+,25-,26-,27+,28-/m0/s1. The maximum absolute atomic E-state index is 6.08. The molecule has 5 rings (SSSR count). The summed E-state index contributed by atoms with van der Waals surface area (Å²) in [6, 6.07) is 1.14. The summed E-state index contributed by atoms with van der Waals surface area (Å²) in [4.78, 5) is 4.85. The van der Waals surface area contributed by atoms with E-state index in [4.69, 9.17) is 4.74 Å². The van der Waals surface area contributed by atoms with E-state index in [1.807, 2.05) is 0 Å². The number of nitrogens with zero attached hydrogens (tertiary/aromatic N) is 2. The Morgan fingerprint density at radius 1 is 1.06 bits per heavy atom. The number of likely N-dealkylation sites (N-methyl/N-ethyl adjacent to an activating group) is 1. The summed E-state index contributed by atoms with van der Waals surface area (Å²) < 4.78 is 6.08. The van der Waals surface area contributed by atoms with Crippen LogP contribution in [-0.2, 0) is 4.74 Å². The van der Waals surface area contributed by atoms with Crippen molar-refractivity contribution in [1.29, 1.82) is 0 Å². The van der Waals surface area contributed by atoms with E-state index in [-0.39, 0.29) is 5.41 Å². The molecule has 1 saturated carbocycles. The normalized spacial score (nSPS) is 48.1. The molecule has 0 aromatic rings. The van der Waals surface area contributed by atoms with Crippen LogP contribution in [0.15, 0.2) is 35.5 Å². The molecule has 0 unspecified atom stereocenters. The predicted molar refractivity (Wildman–Crippen MR) is 129 cm³/mol. The molecule has 0 spiro atoms. The number of fused-ring (bicyclic) bond motifs is 6. The molecule has 0 N–H and O–H groups in total. The third-order valence-corrected chi connectivity index (χ3v) is 11.0. The quantitative estimate of drug-likeness (QED) is 0.582. The molecular formula is C28H44N2O. The molecule has 0 aromatic heterocycles. The molecule has 31 heavy (non-hydrogen) atoms. The Bertz CT molecular complexity index is 827. The maximum atomic E-state index is 6.08. The van der Waals surface area contributed by atoms with Crippen LogP contribution in [0.3, 0.4) is 0 Å². The van der Waals surface area contributed by atoms with Gasteiger partial charge in [-0.2, -0.15) is 0 Å². The van der Waals surface area contributed by atoms with Gasteiger partial charge in [-0.05, 0) is 99.9 Å². The van der Waals surface area contributed by atoms with E-state index in [9.17, 15) is 0 Å². The zero-order chi connectivity index (χ0) is 22.2. The summed E-state index contributed by atoms with van der Waals surface area (Å²) in [6.45, 7) is 11.9. The fraction of sp³-hybridized carbons (Fsp3) is 0.786. The van der Waals surface area contributed by atoms with Crippen molar-refractivity contribution in [3.8, 4) is 0 Å². The van der Waals surface area contributed by atoms with Gasteiger partial charge in [0.1, 0.15) is 0 Å². The fourth-order valence-electron chi connectivity index (χ4n) is 8.68. The van der Waals surface area contributed by atoms with Crippen LogP contribution >= 0.6 is 0 Å². The van der Waals surface area contributed by atoms with E-state index in [0.717, 1.165) is 19.3 Å². The molecule has 2 fully saturated rings. The second kappa shape index (κ2) is 7.30. The van der Waals surface area contributed by atoms with Crippen molar-refractivity contribution in [2.45, 2.75) is 71.9 Å². The highest BCUT2D eigenvalue weighted by atomic mass is 16.5. The molecule has 5 aliphatic rings. The van der Waals surface area contributed by atoms with Gasteiger partial charge < -0.3 is 9.64 Å². The monoisotopic (exact) mass is 424 g/mol. The van der Waals surface area contributed by atoms with Crippen molar-refractivity contribution in [2.24, 2.45) is 34.0 Å².